The molecule has 0 N–H and O–H groups in total. The largest absolute Gasteiger partial charge is 0.489 e. The number of aryl methyl sites for hydroxylation is 1. The van der Waals surface area contributed by atoms with Gasteiger partial charge in [0.15, 0.2) is 0 Å². The van der Waals surface area contributed by atoms with Crippen LogP contribution in [-0.2, 0) is 24.1 Å². The van der Waals surface area contributed by atoms with E-state index in [2.05, 4.69) is 0 Å². The molecule has 1 fully saturated rings. The Labute approximate surface area is 155 Å². The highest BCUT2D eigenvalue weighted by atomic mass is 19.4. The first-order valence-electron chi connectivity index (χ1n) is 8.56. The van der Waals surface area contributed by atoms with E-state index in [1.165, 1.54) is 12.1 Å². The molecule has 0 aliphatic carbocycles. The van der Waals surface area contributed by atoms with Gasteiger partial charge in [-0.15, -0.1) is 0 Å². The molecule has 2 aromatic carbocycles. The Morgan fingerprint density at radius 2 is 1.81 bits per heavy atom. The number of ether oxygens (including phenoxy) is 2. The van der Waals surface area contributed by atoms with Crippen LogP contribution in [0.3, 0.4) is 0 Å². The molecule has 2 aromatic rings. The molecule has 1 heterocycles. The van der Waals surface area contributed by atoms with Crippen molar-refractivity contribution in [3.8, 4) is 5.75 Å². The summed E-state index contributed by atoms with van der Waals surface area (Å²) in [6, 6.07) is 10.5. The maximum Gasteiger partial charge on any atom is 0.416 e. The second-order valence-electron chi connectivity index (χ2n) is 6.66. The van der Waals surface area contributed by atoms with E-state index in [0.29, 0.717) is 24.4 Å². The van der Waals surface area contributed by atoms with Crippen molar-refractivity contribution < 1.29 is 27.4 Å². The van der Waals surface area contributed by atoms with E-state index in [0.717, 1.165) is 23.3 Å². The highest BCUT2D eigenvalue weighted by Crippen LogP contribution is 2.29. The maximum atomic E-state index is 12.6. The summed E-state index contributed by atoms with van der Waals surface area (Å²) >= 11 is 0. The van der Waals surface area contributed by atoms with Gasteiger partial charge >= 0.3 is 12.3 Å². The van der Waals surface area contributed by atoms with E-state index < -0.39 is 11.7 Å². The zero-order chi connectivity index (χ0) is 19.6. The van der Waals surface area contributed by atoms with Gasteiger partial charge in [0.1, 0.15) is 18.5 Å². The van der Waals surface area contributed by atoms with Gasteiger partial charge in [-0.05, 0) is 48.7 Å². The van der Waals surface area contributed by atoms with Gasteiger partial charge in [-0.1, -0.05) is 24.3 Å². The van der Waals surface area contributed by atoms with Crippen LogP contribution in [0.4, 0.5) is 18.0 Å². The molecule has 1 aliphatic heterocycles. The molecular formula is C20H20F3NO3. The lowest BCUT2D eigenvalue weighted by Crippen LogP contribution is -2.24. The van der Waals surface area contributed by atoms with Crippen molar-refractivity contribution in [2.75, 3.05) is 6.54 Å². The monoisotopic (exact) mass is 379 g/mol. The zero-order valence-electron chi connectivity index (χ0n) is 15.0. The van der Waals surface area contributed by atoms with Crippen molar-refractivity contribution in [3.63, 3.8) is 0 Å². The third-order valence-corrected chi connectivity index (χ3v) is 4.33. The summed E-state index contributed by atoms with van der Waals surface area (Å²) < 4.78 is 48.6. The molecule has 4 nitrogen and oxygen atoms in total. The molecule has 0 radical (unpaired) electrons. The smallest absolute Gasteiger partial charge is 0.416 e. The average Bonchev–Trinajstić information content (AvgIpc) is 2.91. The molecule has 7 heteroatoms. The topological polar surface area (TPSA) is 38.8 Å². The van der Waals surface area contributed by atoms with E-state index in [9.17, 15) is 18.0 Å². The SMILES string of the molecule is Cc1cc(CN2CC(C)OC2=O)ccc1OCc1ccc(C(F)(F)F)cc1. The Balaban J connectivity index is 1.60. The highest BCUT2D eigenvalue weighted by Gasteiger charge is 2.30. The quantitative estimate of drug-likeness (QED) is 0.739. The van der Waals surface area contributed by atoms with E-state index in [1.807, 2.05) is 26.0 Å². The standard InChI is InChI=1S/C20H20F3NO3/c1-13-9-16(11-24-10-14(2)27-19(24)25)5-8-18(13)26-12-15-3-6-17(7-4-15)20(21,22)23/h3-9,14H,10-12H2,1-2H3. The fourth-order valence-corrected chi connectivity index (χ4v) is 2.94. The summed E-state index contributed by atoms with van der Waals surface area (Å²) in [7, 11) is 0. The zero-order valence-corrected chi connectivity index (χ0v) is 15.0. The molecule has 27 heavy (non-hydrogen) atoms. The van der Waals surface area contributed by atoms with Crippen molar-refractivity contribution in [1.29, 1.82) is 0 Å². The Hall–Kier alpha value is -2.70. The molecule has 1 amide bonds. The van der Waals surface area contributed by atoms with Crippen molar-refractivity contribution >= 4 is 6.09 Å². The molecule has 0 saturated carbocycles. The Morgan fingerprint density at radius 1 is 1.15 bits per heavy atom. The van der Waals surface area contributed by atoms with Crippen LogP contribution in [0.2, 0.25) is 0 Å². The van der Waals surface area contributed by atoms with E-state index in [4.69, 9.17) is 9.47 Å². The molecule has 0 spiro atoms. The van der Waals surface area contributed by atoms with Crippen LogP contribution in [0.5, 0.6) is 5.75 Å². The van der Waals surface area contributed by atoms with Gasteiger partial charge < -0.3 is 14.4 Å². The van der Waals surface area contributed by atoms with Crippen LogP contribution in [0.1, 0.15) is 29.2 Å². The van der Waals surface area contributed by atoms with E-state index >= 15 is 0 Å². The second-order valence-corrected chi connectivity index (χ2v) is 6.66. The number of hydrogen-bond donors (Lipinski definition) is 0. The van der Waals surface area contributed by atoms with Crippen molar-refractivity contribution in [1.82, 2.24) is 4.90 Å². The summed E-state index contributed by atoms with van der Waals surface area (Å²) in [5.41, 5.74) is 1.82. The summed E-state index contributed by atoms with van der Waals surface area (Å²) in [6.07, 6.45) is -4.77. The number of nitrogens with zero attached hydrogens (tertiary/aromatic N) is 1. The van der Waals surface area contributed by atoms with Gasteiger partial charge in [-0.25, -0.2) is 4.79 Å². The Kier molecular flexibility index (Phi) is 5.30. The lowest BCUT2D eigenvalue weighted by Gasteiger charge is -2.15. The maximum absolute atomic E-state index is 12.6. The average molecular weight is 379 g/mol. The molecule has 0 bridgehead atoms. The normalized spacial score (nSPS) is 17.1. The molecule has 144 valence electrons. The number of halogens is 3. The number of hydrogen-bond acceptors (Lipinski definition) is 3. The summed E-state index contributed by atoms with van der Waals surface area (Å²) in [5, 5.41) is 0. The lowest BCUT2D eigenvalue weighted by molar-refractivity contribution is -0.137. The summed E-state index contributed by atoms with van der Waals surface area (Å²) in [4.78, 5) is 13.3. The van der Waals surface area contributed by atoms with Crippen LogP contribution in [-0.4, -0.2) is 23.6 Å². The van der Waals surface area contributed by atoms with Gasteiger partial charge in [0.2, 0.25) is 0 Å². The number of amides is 1. The van der Waals surface area contributed by atoms with Gasteiger partial charge in [0.05, 0.1) is 12.1 Å². The first kappa shape index (κ1) is 19.1. The first-order valence-corrected chi connectivity index (χ1v) is 8.56. The van der Waals surface area contributed by atoms with Gasteiger partial charge in [0, 0.05) is 6.54 Å². The molecule has 3 rings (SSSR count). The molecule has 1 atom stereocenters. The van der Waals surface area contributed by atoms with Crippen LogP contribution < -0.4 is 4.74 Å². The van der Waals surface area contributed by atoms with Crippen molar-refractivity contribution in [2.45, 2.75) is 39.3 Å². The van der Waals surface area contributed by atoms with Crippen LogP contribution >= 0.6 is 0 Å². The molecule has 0 aromatic heterocycles. The third-order valence-electron chi connectivity index (χ3n) is 4.33. The third kappa shape index (κ3) is 4.72. The number of alkyl halides is 3. The number of carbonyl (C=O) groups excluding carboxylic acids is 1. The molecule has 1 unspecified atom stereocenters. The molecule has 1 saturated heterocycles. The summed E-state index contributed by atoms with van der Waals surface area (Å²) in [5.74, 6) is 0.649. The second kappa shape index (κ2) is 7.50. The van der Waals surface area contributed by atoms with Crippen molar-refractivity contribution in [3.05, 3.63) is 64.7 Å². The van der Waals surface area contributed by atoms with Crippen LogP contribution in [0.25, 0.3) is 0 Å². The van der Waals surface area contributed by atoms with Gasteiger partial charge in [0.25, 0.3) is 0 Å². The fraction of sp³-hybridized carbons (Fsp3) is 0.350. The minimum absolute atomic E-state index is 0.107. The number of benzene rings is 2. The first-order chi connectivity index (χ1) is 12.7. The molecule has 1 aliphatic rings. The van der Waals surface area contributed by atoms with Crippen molar-refractivity contribution in [2.24, 2.45) is 0 Å². The minimum atomic E-state index is -4.34. The van der Waals surface area contributed by atoms with Crippen LogP contribution in [0.15, 0.2) is 42.5 Å². The highest BCUT2D eigenvalue weighted by molar-refractivity contribution is 5.69. The van der Waals surface area contributed by atoms with E-state index in [1.54, 1.807) is 11.0 Å². The van der Waals surface area contributed by atoms with Gasteiger partial charge in [-0.3, -0.25) is 0 Å². The number of carbonyl (C=O) groups is 1. The number of cyclic esters (lactones) is 1. The predicted molar refractivity (Wildman–Crippen MR) is 93.3 cm³/mol. The number of rotatable bonds is 5. The lowest BCUT2D eigenvalue weighted by atomic mass is 10.1. The Bertz CT molecular complexity index is 818. The predicted octanol–water partition coefficient (Wildman–Crippen LogP) is 4.93. The Morgan fingerprint density at radius 3 is 2.37 bits per heavy atom. The fourth-order valence-electron chi connectivity index (χ4n) is 2.94. The van der Waals surface area contributed by atoms with Gasteiger partial charge in [-0.2, -0.15) is 13.2 Å². The minimum Gasteiger partial charge on any atom is -0.489 e. The molecular weight excluding hydrogens is 359 g/mol. The summed E-state index contributed by atoms with van der Waals surface area (Å²) in [6.45, 7) is 4.93. The van der Waals surface area contributed by atoms with Crippen LogP contribution in [0, 0.1) is 6.92 Å². The van der Waals surface area contributed by atoms with E-state index in [-0.39, 0.29) is 18.8 Å².